The van der Waals surface area contributed by atoms with E-state index in [1.807, 2.05) is 42.0 Å². The molecule has 0 amide bonds. The van der Waals surface area contributed by atoms with Crippen molar-refractivity contribution in [3.05, 3.63) is 45.6 Å². The minimum Gasteiger partial charge on any atom is -0.383 e. The van der Waals surface area contributed by atoms with Gasteiger partial charge >= 0.3 is 0 Å². The van der Waals surface area contributed by atoms with Gasteiger partial charge in [0.2, 0.25) is 0 Å². The number of nitrogens with zero attached hydrogens (tertiary/aromatic N) is 1. The third-order valence-corrected chi connectivity index (χ3v) is 6.42. The topological polar surface area (TPSA) is 62.8 Å². The molecule has 0 radical (unpaired) electrons. The van der Waals surface area contributed by atoms with E-state index in [0.717, 1.165) is 30.9 Å². The zero-order valence-corrected chi connectivity index (χ0v) is 14.8. The highest BCUT2D eigenvalue weighted by molar-refractivity contribution is 8.00. The van der Waals surface area contributed by atoms with E-state index in [4.69, 9.17) is 27.7 Å². The van der Waals surface area contributed by atoms with Gasteiger partial charge in [-0.05, 0) is 24.5 Å². The largest absolute Gasteiger partial charge is 0.383 e. The highest BCUT2D eigenvalue weighted by Gasteiger charge is 2.15. The second-order valence-electron chi connectivity index (χ2n) is 4.48. The van der Waals surface area contributed by atoms with Crippen LogP contribution in [-0.4, -0.2) is 17.1 Å². The standard InChI is InChI=1S/C15H12ClN3S3/c1-20-15-10(6-12(22-15)13(17)18)14-19-11(7-21-14)8-3-2-4-9(16)5-8/h2-7H,1H3,(H3,17,18). The first-order valence-electron chi connectivity index (χ1n) is 6.32. The number of hydrogen-bond donors (Lipinski definition) is 2. The number of rotatable bonds is 4. The van der Waals surface area contributed by atoms with Crippen LogP contribution in [0.4, 0.5) is 0 Å². The van der Waals surface area contributed by atoms with E-state index in [1.54, 1.807) is 23.1 Å². The Morgan fingerprint density at radius 2 is 2.18 bits per heavy atom. The summed E-state index contributed by atoms with van der Waals surface area (Å²) < 4.78 is 1.12. The SMILES string of the molecule is CSc1sc(C(=N)N)cc1-c1nc(-c2cccc(Cl)c2)cs1. The molecule has 22 heavy (non-hydrogen) atoms. The number of nitrogens with two attached hydrogens (primary N) is 1. The number of nitrogen functional groups attached to an aromatic ring is 1. The third-order valence-electron chi connectivity index (χ3n) is 3.00. The summed E-state index contributed by atoms with van der Waals surface area (Å²) in [6.07, 6.45) is 2.02. The van der Waals surface area contributed by atoms with E-state index in [-0.39, 0.29) is 5.84 Å². The number of thiophene rings is 1. The minimum atomic E-state index is 0.0955. The highest BCUT2D eigenvalue weighted by atomic mass is 35.5. The van der Waals surface area contributed by atoms with E-state index in [9.17, 15) is 0 Å². The normalized spacial score (nSPS) is 10.8. The summed E-state index contributed by atoms with van der Waals surface area (Å²) in [7, 11) is 0. The molecule has 2 heterocycles. The molecule has 7 heteroatoms. The van der Waals surface area contributed by atoms with Crippen LogP contribution in [0.1, 0.15) is 4.88 Å². The minimum absolute atomic E-state index is 0.0955. The first-order valence-corrected chi connectivity index (χ1v) is 9.62. The van der Waals surface area contributed by atoms with E-state index >= 15 is 0 Å². The molecular formula is C15H12ClN3S3. The highest BCUT2D eigenvalue weighted by Crippen LogP contribution is 2.40. The first-order chi connectivity index (χ1) is 10.6. The Kier molecular flexibility index (Phi) is 4.54. The Labute approximate surface area is 145 Å². The summed E-state index contributed by atoms with van der Waals surface area (Å²) in [4.78, 5) is 5.49. The van der Waals surface area contributed by atoms with E-state index < -0.39 is 0 Å². The second-order valence-corrected chi connectivity index (χ2v) is 7.90. The number of hydrogen-bond acceptors (Lipinski definition) is 5. The summed E-state index contributed by atoms with van der Waals surface area (Å²) in [5.41, 5.74) is 8.55. The monoisotopic (exact) mass is 365 g/mol. The predicted octanol–water partition coefficient (Wildman–Crippen LogP) is 5.20. The lowest BCUT2D eigenvalue weighted by Gasteiger charge is -1.97. The molecule has 2 aromatic heterocycles. The van der Waals surface area contributed by atoms with Crippen molar-refractivity contribution in [1.82, 2.24) is 4.98 Å². The number of thiazole rings is 1. The van der Waals surface area contributed by atoms with Gasteiger partial charge < -0.3 is 5.73 Å². The van der Waals surface area contributed by atoms with Gasteiger partial charge in [-0.15, -0.1) is 34.4 Å². The molecule has 3 rings (SSSR count). The molecule has 112 valence electrons. The van der Waals surface area contributed by atoms with Gasteiger partial charge in [-0.2, -0.15) is 0 Å². The van der Waals surface area contributed by atoms with Gasteiger partial charge in [0.1, 0.15) is 10.8 Å². The summed E-state index contributed by atoms with van der Waals surface area (Å²) >= 11 is 10.8. The second kappa shape index (κ2) is 6.42. The van der Waals surface area contributed by atoms with Crippen LogP contribution in [0.15, 0.2) is 39.9 Å². The van der Waals surface area contributed by atoms with Crippen molar-refractivity contribution in [2.45, 2.75) is 4.21 Å². The number of aromatic nitrogens is 1. The molecule has 1 aromatic carbocycles. The van der Waals surface area contributed by atoms with Crippen LogP contribution in [0, 0.1) is 5.41 Å². The zero-order valence-electron chi connectivity index (χ0n) is 11.6. The Morgan fingerprint density at radius 3 is 2.86 bits per heavy atom. The van der Waals surface area contributed by atoms with Gasteiger partial charge in [0.15, 0.2) is 0 Å². The fraction of sp³-hybridized carbons (Fsp3) is 0.0667. The van der Waals surface area contributed by atoms with Crippen LogP contribution in [-0.2, 0) is 0 Å². The first kappa shape index (κ1) is 15.6. The quantitative estimate of drug-likeness (QED) is 0.379. The summed E-state index contributed by atoms with van der Waals surface area (Å²) in [6, 6.07) is 9.61. The number of nitrogens with one attached hydrogen (secondary N) is 1. The van der Waals surface area contributed by atoms with Crippen molar-refractivity contribution in [3.63, 3.8) is 0 Å². The van der Waals surface area contributed by atoms with Gasteiger partial charge in [0.05, 0.1) is 14.8 Å². The molecule has 0 aliphatic rings. The zero-order chi connectivity index (χ0) is 15.7. The van der Waals surface area contributed by atoms with Crippen molar-refractivity contribution < 1.29 is 0 Å². The van der Waals surface area contributed by atoms with Crippen LogP contribution < -0.4 is 5.73 Å². The summed E-state index contributed by atoms with van der Waals surface area (Å²) in [6.45, 7) is 0. The summed E-state index contributed by atoms with van der Waals surface area (Å²) in [5, 5.41) is 11.3. The van der Waals surface area contributed by atoms with E-state index in [2.05, 4.69) is 0 Å². The average molecular weight is 366 g/mol. The van der Waals surface area contributed by atoms with E-state index in [0.29, 0.717) is 5.02 Å². The van der Waals surface area contributed by atoms with Crippen LogP contribution in [0.3, 0.4) is 0 Å². The molecule has 0 aliphatic carbocycles. The molecule has 0 fully saturated rings. The van der Waals surface area contributed by atoms with Crippen LogP contribution in [0.25, 0.3) is 21.8 Å². The van der Waals surface area contributed by atoms with Crippen LogP contribution >= 0.6 is 46.0 Å². The van der Waals surface area contributed by atoms with Crippen molar-refractivity contribution >= 4 is 51.9 Å². The Balaban J connectivity index is 2.02. The van der Waals surface area contributed by atoms with Crippen LogP contribution in [0.2, 0.25) is 5.02 Å². The van der Waals surface area contributed by atoms with Gasteiger partial charge in [0.25, 0.3) is 0 Å². The molecule has 3 N–H and O–H groups in total. The molecule has 3 nitrogen and oxygen atoms in total. The fourth-order valence-corrected chi connectivity index (χ4v) is 4.89. The predicted molar refractivity (Wildman–Crippen MR) is 98.7 cm³/mol. The molecular weight excluding hydrogens is 354 g/mol. The molecule has 0 saturated heterocycles. The lowest BCUT2D eigenvalue weighted by Crippen LogP contribution is -2.08. The maximum Gasteiger partial charge on any atom is 0.133 e. The maximum atomic E-state index is 7.59. The Morgan fingerprint density at radius 1 is 1.36 bits per heavy atom. The van der Waals surface area contributed by atoms with Gasteiger partial charge in [0, 0.05) is 21.5 Å². The lowest BCUT2D eigenvalue weighted by molar-refractivity contribution is 1.39. The van der Waals surface area contributed by atoms with Crippen LogP contribution in [0.5, 0.6) is 0 Å². The number of benzene rings is 1. The summed E-state index contributed by atoms with van der Waals surface area (Å²) in [5.74, 6) is 0.0955. The fourth-order valence-electron chi connectivity index (χ4n) is 1.99. The molecule has 0 aliphatic heterocycles. The Hall–Kier alpha value is -1.34. The molecule has 0 bridgehead atoms. The molecule has 0 saturated carbocycles. The maximum absolute atomic E-state index is 7.59. The molecule has 3 aromatic rings. The van der Waals surface area contributed by atoms with Gasteiger partial charge in [-0.3, -0.25) is 5.41 Å². The molecule has 0 spiro atoms. The molecule has 0 unspecified atom stereocenters. The lowest BCUT2D eigenvalue weighted by atomic mass is 10.2. The van der Waals surface area contributed by atoms with Crippen molar-refractivity contribution in [2.24, 2.45) is 5.73 Å². The van der Waals surface area contributed by atoms with Crippen molar-refractivity contribution in [1.29, 1.82) is 5.41 Å². The third kappa shape index (κ3) is 3.05. The molecule has 0 atom stereocenters. The van der Waals surface area contributed by atoms with E-state index in [1.165, 1.54) is 11.3 Å². The van der Waals surface area contributed by atoms with Crippen molar-refractivity contribution in [3.8, 4) is 21.8 Å². The average Bonchev–Trinajstić information content (AvgIpc) is 3.13. The Bertz CT molecular complexity index is 838. The van der Waals surface area contributed by atoms with Gasteiger partial charge in [-0.25, -0.2) is 4.98 Å². The van der Waals surface area contributed by atoms with Crippen molar-refractivity contribution in [2.75, 3.05) is 6.26 Å². The van der Waals surface area contributed by atoms with Gasteiger partial charge in [-0.1, -0.05) is 23.7 Å². The number of amidine groups is 1. The smallest absolute Gasteiger partial charge is 0.133 e. The number of thioether (sulfide) groups is 1. The number of halogens is 1.